The molecule has 0 aliphatic carbocycles. The fraction of sp³-hybridized carbons (Fsp3) is 0.0690. The van der Waals surface area contributed by atoms with Gasteiger partial charge in [0.05, 0.1) is 11.9 Å². The van der Waals surface area contributed by atoms with E-state index in [4.69, 9.17) is 5.10 Å². The van der Waals surface area contributed by atoms with E-state index in [9.17, 15) is 4.79 Å². The summed E-state index contributed by atoms with van der Waals surface area (Å²) in [6.07, 6.45) is 3.53. The van der Waals surface area contributed by atoms with Gasteiger partial charge in [-0.2, -0.15) is 10.2 Å². The molecule has 178 valence electrons. The molecule has 0 atom stereocenters. The van der Waals surface area contributed by atoms with Crippen molar-refractivity contribution in [3.05, 3.63) is 124 Å². The number of hydrogen-bond acceptors (Lipinski definition) is 3. The molecule has 0 spiro atoms. The number of nitrogens with zero attached hydrogens (tertiary/aromatic N) is 4. The molecule has 0 aliphatic heterocycles. The number of rotatable bonds is 6. The number of carbonyl (C=O) groups excluding carboxylic acids is 1. The first-order chi connectivity index (χ1) is 17.5. The van der Waals surface area contributed by atoms with Crippen molar-refractivity contribution in [2.45, 2.75) is 13.8 Å². The molecule has 1 amide bonds. The smallest absolute Gasteiger partial charge is 0.271 e. The van der Waals surface area contributed by atoms with Crippen LogP contribution in [0, 0.1) is 13.8 Å². The highest BCUT2D eigenvalue weighted by molar-refractivity contribution is 9.10. The van der Waals surface area contributed by atoms with Crippen molar-refractivity contribution < 1.29 is 4.79 Å². The van der Waals surface area contributed by atoms with Gasteiger partial charge >= 0.3 is 0 Å². The van der Waals surface area contributed by atoms with E-state index in [1.807, 2.05) is 77.6 Å². The van der Waals surface area contributed by atoms with E-state index >= 15 is 0 Å². The highest BCUT2D eigenvalue weighted by Gasteiger charge is 2.12. The number of nitrogens with one attached hydrogen (secondary N) is 1. The van der Waals surface area contributed by atoms with E-state index in [2.05, 4.69) is 57.0 Å². The molecule has 0 saturated heterocycles. The summed E-state index contributed by atoms with van der Waals surface area (Å²) >= 11 is 3.48. The molecule has 2 aromatic heterocycles. The minimum Gasteiger partial charge on any atom is -0.319 e. The Morgan fingerprint density at radius 3 is 2.19 bits per heavy atom. The number of aromatic nitrogens is 3. The van der Waals surface area contributed by atoms with Gasteiger partial charge in [-0.05, 0) is 74.5 Å². The Kier molecular flexibility index (Phi) is 6.64. The topological polar surface area (TPSA) is 64.2 Å². The zero-order valence-electron chi connectivity index (χ0n) is 19.9. The van der Waals surface area contributed by atoms with Crippen LogP contribution in [0.4, 0.5) is 0 Å². The first-order valence-electron chi connectivity index (χ1n) is 11.5. The maximum Gasteiger partial charge on any atom is 0.271 e. The van der Waals surface area contributed by atoms with Crippen LogP contribution in [-0.2, 0) is 0 Å². The van der Waals surface area contributed by atoms with Crippen LogP contribution >= 0.6 is 15.9 Å². The summed E-state index contributed by atoms with van der Waals surface area (Å²) in [6, 6.07) is 29.4. The molecule has 5 aromatic rings. The third-order valence-corrected chi connectivity index (χ3v) is 6.44. The zero-order chi connectivity index (χ0) is 25.1. The first kappa shape index (κ1) is 23.5. The molecule has 5 rings (SSSR count). The summed E-state index contributed by atoms with van der Waals surface area (Å²) in [6.45, 7) is 4.12. The standard InChI is InChI=1S/C29H24BrN5O/c1-20-8-9-21(2)35(20)27-16-12-23(13-17-27)29(36)32-31-18-24-19-34(26-6-4-3-5-7-26)33-28(24)22-10-14-25(30)15-11-22/h3-19H,1-2H3,(H,32,36)/b31-18+. The number of halogens is 1. The van der Waals surface area contributed by atoms with Gasteiger partial charge in [0.15, 0.2) is 0 Å². The minimum absolute atomic E-state index is 0.278. The Morgan fingerprint density at radius 2 is 1.53 bits per heavy atom. The molecular formula is C29H24BrN5O. The number of hydrogen-bond donors (Lipinski definition) is 1. The van der Waals surface area contributed by atoms with Crippen molar-refractivity contribution in [2.24, 2.45) is 5.10 Å². The molecule has 0 unspecified atom stereocenters. The van der Waals surface area contributed by atoms with Crippen LogP contribution in [0.1, 0.15) is 27.3 Å². The van der Waals surface area contributed by atoms with Gasteiger partial charge in [-0.1, -0.05) is 46.3 Å². The van der Waals surface area contributed by atoms with E-state index < -0.39 is 0 Å². The molecule has 0 aliphatic rings. The highest BCUT2D eigenvalue weighted by Crippen LogP contribution is 2.24. The molecule has 3 aromatic carbocycles. The predicted octanol–water partition coefficient (Wildman–Crippen LogP) is 6.47. The van der Waals surface area contributed by atoms with Gasteiger partial charge in [0.25, 0.3) is 5.91 Å². The third-order valence-electron chi connectivity index (χ3n) is 5.91. The van der Waals surface area contributed by atoms with E-state index in [1.165, 1.54) is 0 Å². The van der Waals surface area contributed by atoms with Gasteiger partial charge in [0, 0.05) is 44.4 Å². The lowest BCUT2D eigenvalue weighted by Crippen LogP contribution is -2.17. The van der Waals surface area contributed by atoms with Crippen molar-refractivity contribution in [2.75, 3.05) is 0 Å². The van der Waals surface area contributed by atoms with Crippen molar-refractivity contribution in [3.8, 4) is 22.6 Å². The van der Waals surface area contributed by atoms with Gasteiger partial charge in [0.1, 0.15) is 5.69 Å². The fourth-order valence-electron chi connectivity index (χ4n) is 4.09. The van der Waals surface area contributed by atoms with Gasteiger partial charge in [-0.15, -0.1) is 0 Å². The Balaban J connectivity index is 1.37. The molecule has 6 nitrogen and oxygen atoms in total. The summed E-state index contributed by atoms with van der Waals surface area (Å²) in [5, 5.41) is 9.02. The summed E-state index contributed by atoms with van der Waals surface area (Å²) in [5.74, 6) is -0.278. The third kappa shape index (κ3) is 4.92. The van der Waals surface area contributed by atoms with Crippen molar-refractivity contribution in [1.29, 1.82) is 0 Å². The van der Waals surface area contributed by atoms with E-state index in [-0.39, 0.29) is 5.91 Å². The molecule has 0 radical (unpaired) electrons. The maximum atomic E-state index is 12.7. The fourth-order valence-corrected chi connectivity index (χ4v) is 4.35. The summed E-state index contributed by atoms with van der Waals surface area (Å²) < 4.78 is 4.95. The number of benzene rings is 3. The molecule has 7 heteroatoms. The lowest BCUT2D eigenvalue weighted by molar-refractivity contribution is 0.0955. The number of amides is 1. The lowest BCUT2D eigenvalue weighted by Gasteiger charge is -2.10. The van der Waals surface area contributed by atoms with Crippen molar-refractivity contribution in [1.82, 2.24) is 19.8 Å². The molecule has 2 heterocycles. The second-order valence-corrected chi connectivity index (χ2v) is 9.33. The highest BCUT2D eigenvalue weighted by atomic mass is 79.9. The lowest BCUT2D eigenvalue weighted by atomic mass is 10.1. The van der Waals surface area contributed by atoms with Crippen LogP contribution in [0.25, 0.3) is 22.6 Å². The summed E-state index contributed by atoms with van der Waals surface area (Å²) in [7, 11) is 0. The Labute approximate surface area is 218 Å². The monoisotopic (exact) mass is 537 g/mol. The SMILES string of the molecule is Cc1ccc(C)n1-c1ccc(C(=O)N/N=C/c2cn(-c3ccccc3)nc2-c2ccc(Br)cc2)cc1. The van der Waals surface area contributed by atoms with Crippen molar-refractivity contribution in [3.63, 3.8) is 0 Å². The van der Waals surface area contributed by atoms with Crippen LogP contribution < -0.4 is 5.43 Å². The van der Waals surface area contributed by atoms with Gasteiger partial charge in [-0.3, -0.25) is 4.79 Å². The second-order valence-electron chi connectivity index (χ2n) is 8.42. The molecule has 0 saturated carbocycles. The van der Waals surface area contributed by atoms with Crippen LogP contribution in [-0.4, -0.2) is 26.5 Å². The molecule has 36 heavy (non-hydrogen) atoms. The van der Waals surface area contributed by atoms with Crippen molar-refractivity contribution >= 4 is 28.1 Å². The van der Waals surface area contributed by atoms with Crippen LogP contribution in [0.3, 0.4) is 0 Å². The zero-order valence-corrected chi connectivity index (χ0v) is 21.5. The van der Waals surface area contributed by atoms with E-state index in [0.29, 0.717) is 5.56 Å². The van der Waals surface area contributed by atoms with Crippen LogP contribution in [0.2, 0.25) is 0 Å². The van der Waals surface area contributed by atoms with E-state index in [1.54, 1.807) is 18.3 Å². The predicted molar refractivity (Wildman–Crippen MR) is 147 cm³/mol. The van der Waals surface area contributed by atoms with Crippen LogP contribution in [0.5, 0.6) is 0 Å². The van der Waals surface area contributed by atoms with Gasteiger partial charge < -0.3 is 4.57 Å². The average Bonchev–Trinajstić information content (AvgIpc) is 3.48. The Bertz CT molecular complexity index is 1510. The average molecular weight is 538 g/mol. The Morgan fingerprint density at radius 1 is 0.861 bits per heavy atom. The molecule has 0 bridgehead atoms. The molecular weight excluding hydrogens is 514 g/mol. The molecule has 1 N–H and O–H groups in total. The maximum absolute atomic E-state index is 12.7. The number of aryl methyl sites for hydroxylation is 2. The summed E-state index contributed by atoms with van der Waals surface area (Å²) in [4.78, 5) is 12.7. The van der Waals surface area contributed by atoms with Gasteiger partial charge in [-0.25, -0.2) is 10.1 Å². The number of carbonyl (C=O) groups is 1. The normalized spacial score (nSPS) is 11.2. The van der Waals surface area contributed by atoms with Crippen LogP contribution in [0.15, 0.2) is 107 Å². The molecule has 0 fully saturated rings. The summed E-state index contributed by atoms with van der Waals surface area (Å²) in [5.41, 5.74) is 9.93. The van der Waals surface area contributed by atoms with E-state index in [0.717, 1.165) is 44.1 Å². The number of para-hydroxylation sites is 1. The minimum atomic E-state index is -0.278. The number of hydrazone groups is 1. The largest absolute Gasteiger partial charge is 0.319 e. The van der Waals surface area contributed by atoms with Gasteiger partial charge in [0.2, 0.25) is 0 Å². The second kappa shape index (κ2) is 10.2. The Hall–Kier alpha value is -4.23. The quantitative estimate of drug-likeness (QED) is 0.199. The first-order valence-corrected chi connectivity index (χ1v) is 12.3.